The second-order valence-corrected chi connectivity index (χ2v) is 5.48. The van der Waals surface area contributed by atoms with Crippen LogP contribution in [-0.4, -0.2) is 26.1 Å². The molecule has 2 aromatic rings. The molecule has 0 saturated carbocycles. The van der Waals surface area contributed by atoms with Gasteiger partial charge in [-0.15, -0.1) is 0 Å². The van der Waals surface area contributed by atoms with Crippen LogP contribution in [0, 0.1) is 0 Å². The van der Waals surface area contributed by atoms with Gasteiger partial charge >= 0.3 is 0 Å². The van der Waals surface area contributed by atoms with Gasteiger partial charge in [0.2, 0.25) is 5.91 Å². The maximum atomic E-state index is 11.2. The van der Waals surface area contributed by atoms with Crippen molar-refractivity contribution in [3.8, 4) is 11.1 Å². The number of nitrogens with one attached hydrogen (secondary N) is 1. The monoisotopic (exact) mass is 296 g/mol. The summed E-state index contributed by atoms with van der Waals surface area (Å²) in [6, 6.07) is 13.8. The first-order valence-corrected chi connectivity index (χ1v) is 7.49. The second-order valence-electron chi connectivity index (χ2n) is 5.48. The van der Waals surface area contributed by atoms with Crippen molar-refractivity contribution in [3.05, 3.63) is 59.2 Å². The zero-order valence-corrected chi connectivity index (χ0v) is 12.6. The number of hydrogen-bond donors (Lipinski definition) is 2. The molecule has 0 unspecified atom stereocenters. The first-order valence-electron chi connectivity index (χ1n) is 7.49. The molecular formula is C18H20N2O2. The van der Waals surface area contributed by atoms with Crippen LogP contribution in [0.5, 0.6) is 0 Å². The van der Waals surface area contributed by atoms with Crippen LogP contribution >= 0.6 is 0 Å². The summed E-state index contributed by atoms with van der Waals surface area (Å²) in [4.78, 5) is 11.2. The Kier molecular flexibility index (Phi) is 4.22. The van der Waals surface area contributed by atoms with Gasteiger partial charge in [-0.25, -0.2) is 0 Å². The number of hydrogen-bond acceptors (Lipinski definition) is 3. The van der Waals surface area contributed by atoms with Crippen molar-refractivity contribution in [2.24, 2.45) is 5.73 Å². The third-order valence-corrected chi connectivity index (χ3v) is 4.10. The maximum Gasteiger partial charge on any atom is 0.248 e. The number of nitrogens with two attached hydrogens (primary N) is 1. The first-order chi connectivity index (χ1) is 10.7. The Morgan fingerprint density at radius 2 is 2.05 bits per heavy atom. The van der Waals surface area contributed by atoms with Crippen LogP contribution in [0.3, 0.4) is 0 Å². The maximum absolute atomic E-state index is 11.2. The highest BCUT2D eigenvalue weighted by Gasteiger charge is 2.22. The summed E-state index contributed by atoms with van der Waals surface area (Å²) in [6.07, 6.45) is 1.00. The molecule has 1 aliphatic rings. The number of ether oxygens (including phenoxy) is 1. The third-order valence-electron chi connectivity index (χ3n) is 4.10. The zero-order chi connectivity index (χ0) is 15.5. The molecule has 3 rings (SSSR count). The molecule has 2 aromatic carbocycles. The van der Waals surface area contributed by atoms with E-state index in [4.69, 9.17) is 10.5 Å². The van der Waals surface area contributed by atoms with E-state index >= 15 is 0 Å². The molecule has 1 heterocycles. The zero-order valence-electron chi connectivity index (χ0n) is 12.6. The summed E-state index contributed by atoms with van der Waals surface area (Å²) < 4.78 is 5.86. The van der Waals surface area contributed by atoms with E-state index in [0.717, 1.165) is 25.1 Å². The van der Waals surface area contributed by atoms with Crippen LogP contribution in [0.4, 0.5) is 0 Å². The van der Waals surface area contributed by atoms with E-state index in [0.29, 0.717) is 5.56 Å². The highest BCUT2D eigenvalue weighted by molar-refractivity contribution is 5.93. The molecule has 0 radical (unpaired) electrons. The van der Waals surface area contributed by atoms with Crippen LogP contribution < -0.4 is 11.1 Å². The van der Waals surface area contributed by atoms with E-state index in [-0.39, 0.29) is 6.10 Å². The van der Waals surface area contributed by atoms with Gasteiger partial charge < -0.3 is 15.8 Å². The molecule has 3 N–H and O–H groups in total. The number of carbonyl (C=O) groups is 1. The lowest BCUT2D eigenvalue weighted by Crippen LogP contribution is -2.25. The SMILES string of the molecule is CNC[C@H]1OCCc2c(-c3ccc(C(N)=O)cc3)cccc21. The number of primary amides is 1. The quantitative estimate of drug-likeness (QED) is 0.910. The topological polar surface area (TPSA) is 64.3 Å². The molecule has 0 aromatic heterocycles. The number of likely N-dealkylation sites (N-methyl/N-ethyl adjacent to an activating group) is 1. The van der Waals surface area contributed by atoms with Gasteiger partial charge in [0.1, 0.15) is 0 Å². The largest absolute Gasteiger partial charge is 0.372 e. The van der Waals surface area contributed by atoms with E-state index in [9.17, 15) is 4.79 Å². The normalized spacial score (nSPS) is 17.0. The van der Waals surface area contributed by atoms with Gasteiger partial charge in [0.25, 0.3) is 0 Å². The van der Waals surface area contributed by atoms with E-state index in [1.165, 1.54) is 16.7 Å². The van der Waals surface area contributed by atoms with E-state index in [1.54, 1.807) is 12.1 Å². The summed E-state index contributed by atoms with van der Waals surface area (Å²) in [6.45, 7) is 1.53. The number of fused-ring (bicyclic) bond motifs is 1. The fourth-order valence-corrected chi connectivity index (χ4v) is 3.02. The molecular weight excluding hydrogens is 276 g/mol. The van der Waals surface area contributed by atoms with Crippen LogP contribution in [0.2, 0.25) is 0 Å². The molecule has 0 spiro atoms. The van der Waals surface area contributed by atoms with E-state index in [2.05, 4.69) is 23.5 Å². The Morgan fingerprint density at radius 3 is 2.73 bits per heavy atom. The predicted molar refractivity (Wildman–Crippen MR) is 86.7 cm³/mol. The number of rotatable bonds is 4. The van der Waals surface area contributed by atoms with Crippen molar-refractivity contribution in [1.82, 2.24) is 5.32 Å². The molecule has 0 bridgehead atoms. The van der Waals surface area contributed by atoms with Gasteiger partial charge in [-0.05, 0) is 47.9 Å². The van der Waals surface area contributed by atoms with Crippen LogP contribution in [0.25, 0.3) is 11.1 Å². The van der Waals surface area contributed by atoms with Crippen molar-refractivity contribution in [2.75, 3.05) is 20.2 Å². The minimum absolute atomic E-state index is 0.0959. The predicted octanol–water partition coefficient (Wildman–Crippen LogP) is 2.29. The Bertz CT molecular complexity index is 680. The van der Waals surface area contributed by atoms with E-state index in [1.807, 2.05) is 19.2 Å². The summed E-state index contributed by atoms with van der Waals surface area (Å²) in [7, 11) is 1.93. The lowest BCUT2D eigenvalue weighted by atomic mass is 9.89. The Morgan fingerprint density at radius 1 is 1.27 bits per heavy atom. The Balaban J connectivity index is 2.01. The van der Waals surface area contributed by atoms with Gasteiger partial charge in [0.05, 0.1) is 12.7 Å². The lowest BCUT2D eigenvalue weighted by molar-refractivity contribution is 0.0440. The summed E-state index contributed by atoms with van der Waals surface area (Å²) in [5, 5.41) is 3.18. The highest BCUT2D eigenvalue weighted by Crippen LogP contribution is 2.34. The fraction of sp³-hybridized carbons (Fsp3) is 0.278. The van der Waals surface area contributed by atoms with Crippen molar-refractivity contribution >= 4 is 5.91 Å². The Hall–Kier alpha value is -2.17. The van der Waals surface area contributed by atoms with Crippen molar-refractivity contribution in [3.63, 3.8) is 0 Å². The van der Waals surface area contributed by atoms with Gasteiger partial charge in [-0.2, -0.15) is 0 Å². The summed E-state index contributed by atoms with van der Waals surface area (Å²) >= 11 is 0. The first kappa shape index (κ1) is 14.8. The van der Waals surface area contributed by atoms with Crippen LogP contribution in [0.1, 0.15) is 27.6 Å². The molecule has 4 nitrogen and oxygen atoms in total. The number of benzene rings is 2. The average molecular weight is 296 g/mol. The molecule has 0 aliphatic carbocycles. The lowest BCUT2D eigenvalue weighted by Gasteiger charge is -2.28. The van der Waals surface area contributed by atoms with Crippen LogP contribution in [0.15, 0.2) is 42.5 Å². The molecule has 1 atom stereocenters. The smallest absolute Gasteiger partial charge is 0.248 e. The van der Waals surface area contributed by atoms with Crippen molar-refractivity contribution in [2.45, 2.75) is 12.5 Å². The minimum Gasteiger partial charge on any atom is -0.372 e. The second kappa shape index (κ2) is 6.30. The average Bonchev–Trinajstić information content (AvgIpc) is 2.55. The summed E-state index contributed by atoms with van der Waals surface area (Å²) in [5.41, 5.74) is 10.7. The fourth-order valence-electron chi connectivity index (χ4n) is 3.02. The van der Waals surface area contributed by atoms with Gasteiger partial charge in [0.15, 0.2) is 0 Å². The highest BCUT2D eigenvalue weighted by atomic mass is 16.5. The number of amides is 1. The standard InChI is InChI=1S/C18H20N2O2/c1-20-11-17-16-4-2-3-14(15(16)9-10-22-17)12-5-7-13(8-6-12)18(19)21/h2-8,17,20H,9-11H2,1H3,(H2,19,21)/t17-/m1/s1. The Labute approximate surface area is 130 Å². The molecule has 4 heteroatoms. The minimum atomic E-state index is -0.399. The summed E-state index contributed by atoms with van der Waals surface area (Å²) in [5.74, 6) is -0.399. The molecule has 1 amide bonds. The molecule has 1 aliphatic heterocycles. The van der Waals surface area contributed by atoms with Gasteiger partial charge in [-0.3, -0.25) is 4.79 Å². The van der Waals surface area contributed by atoms with Gasteiger partial charge in [0, 0.05) is 12.1 Å². The number of carbonyl (C=O) groups excluding carboxylic acids is 1. The van der Waals surface area contributed by atoms with Crippen molar-refractivity contribution < 1.29 is 9.53 Å². The molecule has 0 saturated heterocycles. The molecule has 22 heavy (non-hydrogen) atoms. The van der Waals surface area contributed by atoms with E-state index < -0.39 is 5.91 Å². The van der Waals surface area contributed by atoms with Crippen LogP contribution in [-0.2, 0) is 11.2 Å². The van der Waals surface area contributed by atoms with Gasteiger partial charge in [-0.1, -0.05) is 30.3 Å². The molecule has 114 valence electrons. The molecule has 0 fully saturated rings. The van der Waals surface area contributed by atoms with Crippen molar-refractivity contribution in [1.29, 1.82) is 0 Å². The third kappa shape index (κ3) is 2.75.